The van der Waals surface area contributed by atoms with E-state index < -0.39 is 29.4 Å². The molecule has 0 spiro atoms. The van der Waals surface area contributed by atoms with Gasteiger partial charge in [-0.2, -0.15) is 0 Å². The van der Waals surface area contributed by atoms with Gasteiger partial charge in [-0.05, 0) is 36.4 Å². The number of anilines is 2. The molecule has 4 aromatic rings. The fraction of sp³-hybridized carbons (Fsp3) is 0.0455. The van der Waals surface area contributed by atoms with Crippen LogP contribution in [-0.4, -0.2) is 32.2 Å². The van der Waals surface area contributed by atoms with E-state index in [1.807, 2.05) is 0 Å². The van der Waals surface area contributed by atoms with Crippen molar-refractivity contribution in [2.24, 2.45) is 0 Å². The minimum atomic E-state index is -2.44. The van der Waals surface area contributed by atoms with E-state index in [4.69, 9.17) is 16.7 Å². The molecule has 4 N–H and O–H groups in total. The smallest absolute Gasteiger partial charge is 0.411 e. The van der Waals surface area contributed by atoms with Gasteiger partial charge in [-0.3, -0.25) is 15.0 Å². The molecule has 0 saturated heterocycles. The fourth-order valence-electron chi connectivity index (χ4n) is 4.05. The van der Waals surface area contributed by atoms with Gasteiger partial charge in [-0.1, -0.05) is 29.8 Å². The van der Waals surface area contributed by atoms with E-state index in [2.05, 4.69) is 15.3 Å². The molecule has 3 aromatic carbocycles. The Morgan fingerprint density at radius 3 is 2.67 bits per heavy atom. The number of hydrogen-bond acceptors (Lipinski definition) is 4. The number of fused-ring (bicyclic) bond motifs is 2. The number of aromatic nitrogens is 2. The number of nitrogens with one attached hydrogen (secondary N) is 2. The standard InChI is InChI=1S/C22H13ClF2N4O4/c23-12-4-2-6-16(18(12)25)29-19(30)11-3-1-5-13(24)17(11)22(29,33)10-7-8-14-15(9-10)27-20(26-14)28-21(31)32/h1-9,33H,(H,31,32)(H2,26,27,28). The van der Waals surface area contributed by atoms with Crippen molar-refractivity contribution in [3.05, 3.63) is 87.9 Å². The lowest BCUT2D eigenvalue weighted by molar-refractivity contribution is 0.0681. The number of H-pyrrole nitrogens is 1. The zero-order valence-electron chi connectivity index (χ0n) is 16.4. The number of hydrogen-bond donors (Lipinski definition) is 4. The van der Waals surface area contributed by atoms with Gasteiger partial charge in [-0.25, -0.2) is 18.6 Å². The van der Waals surface area contributed by atoms with E-state index in [1.165, 1.54) is 48.5 Å². The third-order valence-electron chi connectivity index (χ3n) is 5.40. The van der Waals surface area contributed by atoms with Crippen LogP contribution in [0, 0.1) is 11.6 Å². The van der Waals surface area contributed by atoms with Crippen molar-refractivity contribution in [2.75, 3.05) is 10.2 Å². The predicted molar refractivity (Wildman–Crippen MR) is 115 cm³/mol. The molecule has 1 atom stereocenters. The summed E-state index contributed by atoms with van der Waals surface area (Å²) in [7, 11) is 0. The van der Waals surface area contributed by atoms with Crippen LogP contribution in [-0.2, 0) is 5.72 Å². The van der Waals surface area contributed by atoms with Gasteiger partial charge >= 0.3 is 6.09 Å². The summed E-state index contributed by atoms with van der Waals surface area (Å²) in [5.74, 6) is -2.74. The van der Waals surface area contributed by atoms with Crippen LogP contribution in [0.1, 0.15) is 21.5 Å². The van der Waals surface area contributed by atoms with Crippen molar-refractivity contribution in [2.45, 2.75) is 5.72 Å². The number of imidazole rings is 1. The second kappa shape index (κ2) is 7.26. The normalized spacial score (nSPS) is 17.5. The highest BCUT2D eigenvalue weighted by molar-refractivity contribution is 6.31. The third-order valence-corrected chi connectivity index (χ3v) is 5.69. The lowest BCUT2D eigenvalue weighted by atomic mass is 9.92. The number of halogens is 3. The molecule has 0 radical (unpaired) electrons. The van der Waals surface area contributed by atoms with E-state index in [-0.39, 0.29) is 38.9 Å². The van der Waals surface area contributed by atoms with Gasteiger partial charge in [0.2, 0.25) is 11.7 Å². The third kappa shape index (κ3) is 3.03. The number of carbonyl (C=O) groups is 2. The molecule has 8 nitrogen and oxygen atoms in total. The van der Waals surface area contributed by atoms with Gasteiger partial charge in [0, 0.05) is 5.56 Å². The summed E-state index contributed by atoms with van der Waals surface area (Å²) in [4.78, 5) is 31.7. The average molecular weight is 471 g/mol. The number of aliphatic hydroxyl groups is 1. The first kappa shape index (κ1) is 20.9. The molecule has 0 aliphatic carbocycles. The molecule has 1 unspecified atom stereocenters. The number of aromatic amines is 1. The lowest BCUT2D eigenvalue weighted by Gasteiger charge is -2.35. The predicted octanol–water partition coefficient (Wildman–Crippen LogP) is 4.44. The fourth-order valence-corrected chi connectivity index (χ4v) is 4.21. The summed E-state index contributed by atoms with van der Waals surface area (Å²) in [5.41, 5.74) is -2.64. The Bertz CT molecular complexity index is 1470. The zero-order valence-corrected chi connectivity index (χ0v) is 17.2. The first-order valence-electron chi connectivity index (χ1n) is 9.52. The van der Waals surface area contributed by atoms with E-state index in [0.29, 0.717) is 5.52 Å². The topological polar surface area (TPSA) is 119 Å². The van der Waals surface area contributed by atoms with Crippen LogP contribution >= 0.6 is 11.6 Å². The molecule has 0 saturated carbocycles. The van der Waals surface area contributed by atoms with Crippen LogP contribution < -0.4 is 10.2 Å². The maximum Gasteiger partial charge on any atom is 0.411 e. The summed E-state index contributed by atoms with van der Waals surface area (Å²) in [6.07, 6.45) is -1.34. The SMILES string of the molecule is O=C(O)Nc1nc2ccc(C3(O)c4c(F)cccc4C(=O)N3c3cccc(Cl)c3F)cc2[nH]1. The molecule has 0 bridgehead atoms. The molecule has 1 aromatic heterocycles. The number of benzene rings is 3. The van der Waals surface area contributed by atoms with Gasteiger partial charge in [0.1, 0.15) is 5.82 Å². The summed E-state index contributed by atoms with van der Waals surface area (Å²) < 4.78 is 30.0. The molecule has 5 rings (SSSR count). The number of rotatable bonds is 3. The number of nitrogens with zero attached hydrogens (tertiary/aromatic N) is 2. The van der Waals surface area contributed by atoms with Crippen LogP contribution in [0.15, 0.2) is 54.6 Å². The highest BCUT2D eigenvalue weighted by atomic mass is 35.5. The highest BCUT2D eigenvalue weighted by Crippen LogP contribution is 2.47. The number of carboxylic acid groups (broad SMARTS) is 1. The maximum atomic E-state index is 15.0. The molecule has 2 amide bonds. The van der Waals surface area contributed by atoms with Crippen LogP contribution in [0.3, 0.4) is 0 Å². The Morgan fingerprint density at radius 1 is 1.15 bits per heavy atom. The average Bonchev–Trinajstić information content (AvgIpc) is 3.26. The first-order valence-corrected chi connectivity index (χ1v) is 9.89. The summed E-state index contributed by atoms with van der Waals surface area (Å²) in [6, 6.07) is 11.9. The van der Waals surface area contributed by atoms with Crippen LogP contribution in [0.2, 0.25) is 5.02 Å². The monoisotopic (exact) mass is 470 g/mol. The van der Waals surface area contributed by atoms with Crippen molar-refractivity contribution < 1.29 is 28.6 Å². The Kier molecular flexibility index (Phi) is 4.59. The van der Waals surface area contributed by atoms with Gasteiger partial charge < -0.3 is 15.2 Å². The van der Waals surface area contributed by atoms with Gasteiger partial charge in [0.15, 0.2) is 5.82 Å². The van der Waals surface area contributed by atoms with Gasteiger partial charge in [-0.15, -0.1) is 0 Å². The molecular weight excluding hydrogens is 458 g/mol. The first-order chi connectivity index (χ1) is 15.7. The molecule has 33 heavy (non-hydrogen) atoms. The van der Waals surface area contributed by atoms with E-state index in [9.17, 15) is 19.1 Å². The van der Waals surface area contributed by atoms with Crippen LogP contribution in [0.25, 0.3) is 11.0 Å². The Hall–Kier alpha value is -4.02. The van der Waals surface area contributed by atoms with Crippen molar-refractivity contribution in [1.82, 2.24) is 9.97 Å². The lowest BCUT2D eigenvalue weighted by Crippen LogP contribution is -2.45. The number of amides is 2. The Balaban J connectivity index is 1.77. The van der Waals surface area contributed by atoms with E-state index in [0.717, 1.165) is 11.0 Å². The molecule has 0 fully saturated rings. The summed E-state index contributed by atoms with van der Waals surface area (Å²) >= 11 is 5.91. The van der Waals surface area contributed by atoms with Crippen LogP contribution in [0.5, 0.6) is 0 Å². The second-order valence-corrected chi connectivity index (χ2v) is 7.70. The summed E-state index contributed by atoms with van der Waals surface area (Å²) in [6.45, 7) is 0. The van der Waals surface area contributed by atoms with E-state index in [1.54, 1.807) is 0 Å². The minimum Gasteiger partial charge on any atom is -0.465 e. The molecular formula is C22H13ClF2N4O4. The molecule has 1 aliphatic heterocycles. The van der Waals surface area contributed by atoms with Gasteiger partial charge in [0.25, 0.3) is 5.91 Å². The molecule has 1 aliphatic rings. The maximum absolute atomic E-state index is 15.0. The molecule has 11 heteroatoms. The van der Waals surface area contributed by atoms with Gasteiger partial charge in [0.05, 0.1) is 32.9 Å². The largest absolute Gasteiger partial charge is 0.465 e. The molecule has 166 valence electrons. The highest BCUT2D eigenvalue weighted by Gasteiger charge is 2.53. The van der Waals surface area contributed by atoms with Crippen molar-refractivity contribution >= 4 is 46.3 Å². The quantitative estimate of drug-likeness (QED) is 0.353. The number of carbonyl (C=O) groups excluding carboxylic acids is 1. The Morgan fingerprint density at radius 2 is 1.91 bits per heavy atom. The van der Waals surface area contributed by atoms with Crippen molar-refractivity contribution in [3.63, 3.8) is 0 Å². The minimum absolute atomic E-state index is 0.0112. The molecule has 2 heterocycles. The zero-order chi connectivity index (χ0) is 23.5. The van der Waals surface area contributed by atoms with E-state index >= 15 is 4.39 Å². The van der Waals surface area contributed by atoms with Crippen molar-refractivity contribution in [1.29, 1.82) is 0 Å². The Labute approximate surface area is 189 Å². The summed E-state index contributed by atoms with van der Waals surface area (Å²) in [5, 5.41) is 22.6. The van der Waals surface area contributed by atoms with Crippen molar-refractivity contribution in [3.8, 4) is 0 Å². The van der Waals surface area contributed by atoms with Crippen LogP contribution in [0.4, 0.5) is 25.2 Å². The second-order valence-electron chi connectivity index (χ2n) is 7.30.